The standard InChI is InChI=1S/C19H16FN3O4/c20-14-7-3-1-5-12(14)16-11-21-18(27-16)10-9-17(25)22-23-19(26)13-6-2-4-8-15(13)24/h1-8,11,24H,9-10H2,(H,22,25)(H,23,26). The SMILES string of the molecule is O=C(CCc1ncc(-c2ccccc2F)o1)NNC(=O)c1ccccc1O. The topological polar surface area (TPSA) is 104 Å². The first-order chi connectivity index (χ1) is 13.0. The number of nitrogens with zero attached hydrogens (tertiary/aromatic N) is 1. The Labute approximate surface area is 153 Å². The molecule has 0 fully saturated rings. The van der Waals surface area contributed by atoms with Gasteiger partial charge in [-0.15, -0.1) is 0 Å². The molecule has 0 saturated carbocycles. The van der Waals surface area contributed by atoms with Gasteiger partial charge in [0.25, 0.3) is 5.91 Å². The molecule has 7 nitrogen and oxygen atoms in total. The van der Waals surface area contributed by atoms with Crippen molar-refractivity contribution >= 4 is 11.8 Å². The van der Waals surface area contributed by atoms with Gasteiger partial charge in [0.1, 0.15) is 11.6 Å². The number of hydrogen-bond acceptors (Lipinski definition) is 5. The number of carbonyl (C=O) groups is 2. The number of benzene rings is 2. The van der Waals surface area contributed by atoms with Gasteiger partial charge in [-0.25, -0.2) is 9.37 Å². The number of nitrogens with one attached hydrogen (secondary N) is 2. The Bertz CT molecular complexity index is 971. The molecule has 0 aliphatic carbocycles. The smallest absolute Gasteiger partial charge is 0.273 e. The average Bonchev–Trinajstić information content (AvgIpc) is 3.14. The number of halogens is 1. The minimum atomic E-state index is -0.639. The van der Waals surface area contributed by atoms with Gasteiger partial charge in [-0.1, -0.05) is 24.3 Å². The van der Waals surface area contributed by atoms with Gasteiger partial charge in [-0.2, -0.15) is 0 Å². The van der Waals surface area contributed by atoms with E-state index >= 15 is 0 Å². The van der Waals surface area contributed by atoms with Crippen LogP contribution in [0.3, 0.4) is 0 Å². The summed E-state index contributed by atoms with van der Waals surface area (Å²) in [5.41, 5.74) is 4.79. The first-order valence-corrected chi connectivity index (χ1v) is 8.11. The number of phenols is 1. The van der Waals surface area contributed by atoms with Gasteiger partial charge in [0.15, 0.2) is 11.7 Å². The fraction of sp³-hybridized carbons (Fsp3) is 0.105. The maximum Gasteiger partial charge on any atom is 0.273 e. The summed E-state index contributed by atoms with van der Waals surface area (Å²) in [6, 6.07) is 12.1. The van der Waals surface area contributed by atoms with Crippen LogP contribution >= 0.6 is 0 Å². The summed E-state index contributed by atoms with van der Waals surface area (Å²) in [5.74, 6) is -1.18. The molecule has 0 aliphatic rings. The summed E-state index contributed by atoms with van der Waals surface area (Å²) in [5, 5.41) is 9.59. The number of hydrazine groups is 1. The minimum Gasteiger partial charge on any atom is -0.507 e. The summed E-state index contributed by atoms with van der Waals surface area (Å²) in [6.07, 6.45) is 1.57. The highest BCUT2D eigenvalue weighted by Crippen LogP contribution is 2.23. The third kappa shape index (κ3) is 4.49. The molecule has 138 valence electrons. The van der Waals surface area contributed by atoms with Gasteiger partial charge in [0.05, 0.1) is 17.3 Å². The molecule has 0 spiro atoms. The van der Waals surface area contributed by atoms with Crippen LogP contribution in [0.4, 0.5) is 4.39 Å². The zero-order valence-electron chi connectivity index (χ0n) is 14.1. The number of amides is 2. The van der Waals surface area contributed by atoms with E-state index in [0.29, 0.717) is 0 Å². The third-order valence-electron chi connectivity index (χ3n) is 3.72. The number of para-hydroxylation sites is 1. The number of rotatable bonds is 5. The van der Waals surface area contributed by atoms with Crippen LogP contribution in [0.15, 0.2) is 59.1 Å². The Balaban J connectivity index is 1.51. The summed E-state index contributed by atoms with van der Waals surface area (Å²) in [6.45, 7) is 0. The molecule has 0 radical (unpaired) electrons. The second kappa shape index (κ2) is 8.13. The molecule has 0 unspecified atom stereocenters. The van der Waals surface area contributed by atoms with Crippen LogP contribution in [0.5, 0.6) is 5.75 Å². The fourth-order valence-corrected chi connectivity index (χ4v) is 2.35. The van der Waals surface area contributed by atoms with E-state index < -0.39 is 17.6 Å². The predicted molar refractivity (Wildman–Crippen MR) is 93.9 cm³/mol. The minimum absolute atomic E-state index is 0.00171. The Hall–Kier alpha value is -3.68. The van der Waals surface area contributed by atoms with Crippen molar-refractivity contribution in [3.05, 3.63) is 72.0 Å². The second-order valence-corrected chi connectivity index (χ2v) is 5.62. The van der Waals surface area contributed by atoms with E-state index in [-0.39, 0.29) is 41.4 Å². The van der Waals surface area contributed by atoms with Crippen molar-refractivity contribution < 1.29 is 23.5 Å². The summed E-state index contributed by atoms with van der Waals surface area (Å²) < 4.78 is 19.2. The lowest BCUT2D eigenvalue weighted by molar-refractivity contribution is -0.121. The number of aromatic hydroxyl groups is 1. The molecular weight excluding hydrogens is 353 g/mol. The number of oxazole rings is 1. The highest BCUT2D eigenvalue weighted by Gasteiger charge is 2.13. The molecule has 0 atom stereocenters. The number of aromatic nitrogens is 1. The van der Waals surface area contributed by atoms with E-state index in [1.165, 1.54) is 24.4 Å². The van der Waals surface area contributed by atoms with Crippen molar-refractivity contribution in [2.75, 3.05) is 0 Å². The highest BCUT2D eigenvalue weighted by molar-refractivity contribution is 5.97. The summed E-state index contributed by atoms with van der Waals surface area (Å²) in [4.78, 5) is 27.8. The number of carbonyl (C=O) groups excluding carboxylic acids is 2. The van der Waals surface area contributed by atoms with E-state index in [4.69, 9.17) is 4.42 Å². The highest BCUT2D eigenvalue weighted by atomic mass is 19.1. The molecule has 2 amide bonds. The summed E-state index contributed by atoms with van der Waals surface area (Å²) in [7, 11) is 0. The second-order valence-electron chi connectivity index (χ2n) is 5.62. The van der Waals surface area contributed by atoms with E-state index in [9.17, 15) is 19.1 Å². The van der Waals surface area contributed by atoms with E-state index in [1.54, 1.807) is 30.3 Å². The van der Waals surface area contributed by atoms with Crippen LogP contribution in [0.2, 0.25) is 0 Å². The lowest BCUT2D eigenvalue weighted by Crippen LogP contribution is -2.41. The summed E-state index contributed by atoms with van der Waals surface area (Å²) >= 11 is 0. The van der Waals surface area contributed by atoms with Crippen LogP contribution in [0.25, 0.3) is 11.3 Å². The molecule has 8 heteroatoms. The van der Waals surface area contributed by atoms with E-state index in [0.717, 1.165) is 0 Å². The molecule has 27 heavy (non-hydrogen) atoms. The van der Waals surface area contributed by atoms with Crippen molar-refractivity contribution in [1.29, 1.82) is 0 Å². The van der Waals surface area contributed by atoms with Gasteiger partial charge in [-0.05, 0) is 24.3 Å². The molecular formula is C19H16FN3O4. The zero-order chi connectivity index (χ0) is 19.2. The van der Waals surface area contributed by atoms with Crippen LogP contribution in [-0.2, 0) is 11.2 Å². The number of hydrogen-bond donors (Lipinski definition) is 3. The van der Waals surface area contributed by atoms with Crippen LogP contribution in [0, 0.1) is 5.82 Å². The number of phenolic OH excluding ortho intramolecular Hbond substituents is 1. The Morgan fingerprint density at radius 1 is 1.07 bits per heavy atom. The van der Waals surface area contributed by atoms with Crippen molar-refractivity contribution in [3.8, 4) is 17.1 Å². The van der Waals surface area contributed by atoms with Crippen molar-refractivity contribution in [2.24, 2.45) is 0 Å². The van der Waals surface area contributed by atoms with Crippen molar-refractivity contribution in [3.63, 3.8) is 0 Å². The molecule has 2 aromatic carbocycles. The maximum atomic E-state index is 13.7. The first kappa shape index (κ1) is 18.1. The Morgan fingerprint density at radius 2 is 1.81 bits per heavy atom. The number of aryl methyl sites for hydroxylation is 1. The zero-order valence-corrected chi connectivity index (χ0v) is 14.1. The van der Waals surface area contributed by atoms with Crippen LogP contribution in [-0.4, -0.2) is 21.9 Å². The third-order valence-corrected chi connectivity index (χ3v) is 3.72. The van der Waals surface area contributed by atoms with Gasteiger partial charge >= 0.3 is 0 Å². The maximum absolute atomic E-state index is 13.7. The van der Waals surface area contributed by atoms with Crippen molar-refractivity contribution in [1.82, 2.24) is 15.8 Å². The lowest BCUT2D eigenvalue weighted by Gasteiger charge is -2.07. The fourth-order valence-electron chi connectivity index (χ4n) is 2.35. The lowest BCUT2D eigenvalue weighted by atomic mass is 10.2. The molecule has 0 saturated heterocycles. The molecule has 1 aromatic heterocycles. The predicted octanol–water partition coefficient (Wildman–Crippen LogP) is 2.58. The normalized spacial score (nSPS) is 10.4. The van der Waals surface area contributed by atoms with Gasteiger partial charge in [-0.3, -0.25) is 20.4 Å². The average molecular weight is 369 g/mol. The van der Waals surface area contributed by atoms with Crippen LogP contribution in [0.1, 0.15) is 22.7 Å². The molecule has 3 N–H and O–H groups in total. The molecule has 3 rings (SSSR count). The van der Waals surface area contributed by atoms with E-state index in [2.05, 4.69) is 15.8 Å². The van der Waals surface area contributed by atoms with Gasteiger partial charge in [0, 0.05) is 12.8 Å². The molecule has 3 aromatic rings. The monoisotopic (exact) mass is 369 g/mol. The van der Waals surface area contributed by atoms with Gasteiger partial charge in [0.2, 0.25) is 5.91 Å². The quantitative estimate of drug-likeness (QED) is 0.600. The molecule has 0 bridgehead atoms. The Morgan fingerprint density at radius 3 is 2.59 bits per heavy atom. The molecule has 0 aliphatic heterocycles. The Kier molecular flexibility index (Phi) is 5.46. The van der Waals surface area contributed by atoms with Crippen LogP contribution < -0.4 is 10.9 Å². The van der Waals surface area contributed by atoms with E-state index in [1.807, 2.05) is 0 Å². The van der Waals surface area contributed by atoms with Gasteiger partial charge < -0.3 is 9.52 Å². The van der Waals surface area contributed by atoms with Crippen molar-refractivity contribution in [2.45, 2.75) is 12.8 Å². The first-order valence-electron chi connectivity index (χ1n) is 8.11. The molecule has 1 heterocycles. The largest absolute Gasteiger partial charge is 0.507 e.